The number of amides is 1. The number of carbonyl (C=O) groups is 2. The number of hydrogen-bond acceptors (Lipinski definition) is 4. The Hall–Kier alpha value is -2.30. The fourth-order valence-corrected chi connectivity index (χ4v) is 3.56. The molecule has 1 fully saturated rings. The van der Waals surface area contributed by atoms with Crippen molar-refractivity contribution in [1.82, 2.24) is 5.32 Å². The van der Waals surface area contributed by atoms with Crippen LogP contribution >= 0.6 is 0 Å². The Labute approximate surface area is 135 Å². The van der Waals surface area contributed by atoms with Crippen LogP contribution in [0, 0.1) is 17.8 Å². The average molecular weight is 315 g/mol. The number of esters is 1. The summed E-state index contributed by atoms with van der Waals surface area (Å²) in [6.07, 6.45) is 5.20. The van der Waals surface area contributed by atoms with E-state index in [-0.39, 0.29) is 29.8 Å². The lowest BCUT2D eigenvalue weighted by molar-refractivity contribution is -0.147. The van der Waals surface area contributed by atoms with Gasteiger partial charge in [-0.05, 0) is 23.8 Å². The molecule has 0 aromatic heterocycles. The Morgan fingerprint density at radius 1 is 1.17 bits per heavy atom. The van der Waals surface area contributed by atoms with E-state index in [1.807, 2.05) is 36.4 Å². The number of allylic oxidation sites excluding steroid dienone is 1. The van der Waals surface area contributed by atoms with E-state index in [4.69, 9.17) is 9.47 Å². The van der Waals surface area contributed by atoms with Gasteiger partial charge in [-0.15, -0.1) is 0 Å². The fourth-order valence-electron chi connectivity index (χ4n) is 3.56. The predicted octanol–water partition coefficient (Wildman–Crippen LogP) is 2.32. The first-order chi connectivity index (χ1) is 11.2. The minimum Gasteiger partial charge on any atom is -0.469 e. The molecule has 0 radical (unpaired) electrons. The van der Waals surface area contributed by atoms with Crippen LogP contribution in [0.4, 0.5) is 4.79 Å². The molecule has 5 nitrogen and oxygen atoms in total. The number of hydrogen-bond donors (Lipinski definition) is 1. The molecule has 1 aromatic carbocycles. The topological polar surface area (TPSA) is 64.6 Å². The minimum absolute atomic E-state index is 0.155. The molecule has 1 aromatic rings. The van der Waals surface area contributed by atoms with Gasteiger partial charge < -0.3 is 14.8 Å². The molecule has 122 valence electrons. The maximum Gasteiger partial charge on any atom is 0.407 e. The van der Waals surface area contributed by atoms with E-state index in [1.54, 1.807) is 0 Å². The maximum absolute atomic E-state index is 12.0. The van der Waals surface area contributed by atoms with Crippen molar-refractivity contribution in [3.8, 4) is 0 Å². The van der Waals surface area contributed by atoms with Gasteiger partial charge in [-0.1, -0.05) is 42.5 Å². The van der Waals surface area contributed by atoms with Gasteiger partial charge in [0.1, 0.15) is 0 Å². The summed E-state index contributed by atoms with van der Waals surface area (Å²) in [6, 6.07) is 9.62. The van der Waals surface area contributed by atoms with Gasteiger partial charge in [-0.2, -0.15) is 0 Å². The third-order valence-electron chi connectivity index (χ3n) is 4.68. The van der Waals surface area contributed by atoms with Crippen molar-refractivity contribution in [1.29, 1.82) is 0 Å². The van der Waals surface area contributed by atoms with Crippen LogP contribution in [0.2, 0.25) is 0 Å². The van der Waals surface area contributed by atoms with Gasteiger partial charge in [0.05, 0.1) is 25.7 Å². The zero-order chi connectivity index (χ0) is 16.2. The van der Waals surface area contributed by atoms with E-state index in [1.165, 1.54) is 7.11 Å². The molecule has 0 aliphatic heterocycles. The number of benzene rings is 1. The molecular formula is C18H21NO4. The first-order valence-electron chi connectivity index (χ1n) is 7.92. The Morgan fingerprint density at radius 2 is 1.91 bits per heavy atom. The second-order valence-electron chi connectivity index (χ2n) is 6.04. The monoisotopic (exact) mass is 315 g/mol. The van der Waals surface area contributed by atoms with Crippen molar-refractivity contribution in [2.45, 2.75) is 18.9 Å². The molecule has 1 N–H and O–H groups in total. The molecule has 2 bridgehead atoms. The number of nitrogens with one attached hydrogen (secondary N) is 1. The lowest BCUT2D eigenvalue weighted by Crippen LogP contribution is -2.46. The Morgan fingerprint density at radius 3 is 2.65 bits per heavy atom. The van der Waals surface area contributed by atoms with Crippen LogP contribution in [-0.4, -0.2) is 31.8 Å². The normalized spacial score (nSPS) is 27.7. The highest BCUT2D eigenvalue weighted by atomic mass is 16.5. The van der Waals surface area contributed by atoms with Crippen molar-refractivity contribution in [3.63, 3.8) is 0 Å². The van der Waals surface area contributed by atoms with Gasteiger partial charge in [-0.3, -0.25) is 4.79 Å². The van der Waals surface area contributed by atoms with Gasteiger partial charge in [0.2, 0.25) is 0 Å². The van der Waals surface area contributed by atoms with Crippen molar-refractivity contribution < 1.29 is 19.1 Å². The van der Waals surface area contributed by atoms with Gasteiger partial charge in [0, 0.05) is 6.42 Å². The van der Waals surface area contributed by atoms with Gasteiger partial charge in [0.15, 0.2) is 0 Å². The van der Waals surface area contributed by atoms with Gasteiger partial charge in [0.25, 0.3) is 0 Å². The molecule has 0 unspecified atom stereocenters. The molecule has 1 amide bonds. The molecule has 0 heterocycles. The first-order valence-corrected chi connectivity index (χ1v) is 7.92. The Balaban J connectivity index is 1.51. The standard InChI is InChI=1S/C18H21NO4/c1-22-17(20)15-13-7-8-14(11-13)16(15)19-18(21)23-10-9-12-5-3-2-4-6-12/h2-8,13-16H,9-11H2,1H3,(H,19,21)/t13-,14+,15+,16-/m1/s1. The maximum atomic E-state index is 12.0. The molecule has 5 heteroatoms. The van der Waals surface area contributed by atoms with Gasteiger partial charge in [-0.25, -0.2) is 4.79 Å². The molecule has 23 heavy (non-hydrogen) atoms. The van der Waals surface area contributed by atoms with Crippen molar-refractivity contribution in [2.75, 3.05) is 13.7 Å². The van der Waals surface area contributed by atoms with Crippen LogP contribution in [0.5, 0.6) is 0 Å². The number of methoxy groups -OCH3 is 1. The quantitative estimate of drug-likeness (QED) is 0.669. The number of fused-ring (bicyclic) bond motifs is 2. The summed E-state index contributed by atoms with van der Waals surface area (Å²) in [6.45, 7) is 0.315. The molecule has 3 rings (SSSR count). The third-order valence-corrected chi connectivity index (χ3v) is 4.68. The fraction of sp³-hybridized carbons (Fsp3) is 0.444. The molecule has 2 aliphatic carbocycles. The Kier molecular flexibility index (Phi) is 4.65. The zero-order valence-electron chi connectivity index (χ0n) is 13.1. The average Bonchev–Trinajstić information content (AvgIpc) is 3.16. The lowest BCUT2D eigenvalue weighted by Gasteiger charge is -2.26. The third kappa shape index (κ3) is 3.38. The van der Waals surface area contributed by atoms with Crippen molar-refractivity contribution in [2.24, 2.45) is 17.8 Å². The zero-order valence-corrected chi connectivity index (χ0v) is 13.1. The smallest absolute Gasteiger partial charge is 0.407 e. The van der Waals surface area contributed by atoms with Crippen LogP contribution in [0.25, 0.3) is 0 Å². The van der Waals surface area contributed by atoms with E-state index >= 15 is 0 Å². The highest BCUT2D eigenvalue weighted by Crippen LogP contribution is 2.44. The second-order valence-corrected chi connectivity index (χ2v) is 6.04. The van der Waals surface area contributed by atoms with Crippen LogP contribution in [0.3, 0.4) is 0 Å². The van der Waals surface area contributed by atoms with E-state index in [9.17, 15) is 9.59 Å². The molecular weight excluding hydrogens is 294 g/mol. The Bertz CT molecular complexity index is 598. The molecule has 1 saturated carbocycles. The van der Waals surface area contributed by atoms with E-state index < -0.39 is 6.09 Å². The molecule has 4 atom stereocenters. The SMILES string of the molecule is COC(=O)[C@@H]1[C@H](NC(=O)OCCc2ccccc2)[C@H]2C=C[C@@H]1C2. The van der Waals surface area contributed by atoms with Crippen molar-refractivity contribution in [3.05, 3.63) is 48.0 Å². The second kappa shape index (κ2) is 6.86. The van der Waals surface area contributed by atoms with Crippen LogP contribution in [0.1, 0.15) is 12.0 Å². The summed E-state index contributed by atoms with van der Waals surface area (Å²) in [5, 5.41) is 2.85. The lowest BCUT2D eigenvalue weighted by atomic mass is 9.89. The number of rotatable bonds is 5. The summed E-state index contributed by atoms with van der Waals surface area (Å²) in [4.78, 5) is 24.0. The minimum atomic E-state index is -0.471. The van der Waals surface area contributed by atoms with E-state index in [0.29, 0.717) is 13.0 Å². The van der Waals surface area contributed by atoms with E-state index in [0.717, 1.165) is 12.0 Å². The van der Waals surface area contributed by atoms with Crippen LogP contribution in [0.15, 0.2) is 42.5 Å². The number of ether oxygens (including phenoxy) is 2. The highest BCUT2D eigenvalue weighted by molar-refractivity contribution is 5.77. The number of alkyl carbamates (subject to hydrolysis) is 1. The summed E-state index contributed by atoms with van der Waals surface area (Å²) >= 11 is 0. The molecule has 2 aliphatic rings. The summed E-state index contributed by atoms with van der Waals surface area (Å²) in [5.41, 5.74) is 1.12. The summed E-state index contributed by atoms with van der Waals surface area (Å²) in [5.74, 6) is -0.235. The highest BCUT2D eigenvalue weighted by Gasteiger charge is 2.49. The largest absolute Gasteiger partial charge is 0.469 e. The first kappa shape index (κ1) is 15.6. The molecule has 0 spiro atoms. The summed E-state index contributed by atoms with van der Waals surface area (Å²) < 4.78 is 10.1. The van der Waals surface area contributed by atoms with E-state index in [2.05, 4.69) is 11.4 Å². The molecule has 0 saturated heterocycles. The van der Waals surface area contributed by atoms with Crippen LogP contribution < -0.4 is 5.32 Å². The number of carbonyl (C=O) groups excluding carboxylic acids is 2. The predicted molar refractivity (Wildman–Crippen MR) is 84.7 cm³/mol. The summed E-state index contributed by atoms with van der Waals surface area (Å²) in [7, 11) is 1.38. The van der Waals surface area contributed by atoms with Crippen LogP contribution in [-0.2, 0) is 20.7 Å². The van der Waals surface area contributed by atoms with Crippen molar-refractivity contribution >= 4 is 12.1 Å². The van der Waals surface area contributed by atoms with Gasteiger partial charge >= 0.3 is 12.1 Å².